The Balaban J connectivity index is 1.99. The summed E-state index contributed by atoms with van der Waals surface area (Å²) in [5.41, 5.74) is 2.43. The van der Waals surface area contributed by atoms with Gasteiger partial charge in [-0.1, -0.05) is 0 Å². The van der Waals surface area contributed by atoms with Gasteiger partial charge in [-0.25, -0.2) is 4.98 Å². The summed E-state index contributed by atoms with van der Waals surface area (Å²) in [5.74, 6) is -0.388. The Morgan fingerprint density at radius 2 is 1.97 bits per heavy atom. The van der Waals surface area contributed by atoms with Gasteiger partial charge in [0, 0.05) is 30.1 Å². The molecule has 0 aliphatic heterocycles. The van der Waals surface area contributed by atoms with E-state index in [1.807, 2.05) is 13.0 Å². The lowest BCUT2D eigenvalue weighted by molar-refractivity contribution is -0.139. The monoisotopic (exact) mass is 409 g/mol. The molecule has 6 nitrogen and oxygen atoms in total. The number of nitrogens with one attached hydrogen (secondary N) is 1. The first-order valence-corrected chi connectivity index (χ1v) is 8.97. The van der Waals surface area contributed by atoms with Crippen LogP contribution in [0.2, 0.25) is 0 Å². The van der Waals surface area contributed by atoms with Crippen LogP contribution in [0.5, 0.6) is 5.88 Å². The van der Waals surface area contributed by atoms with E-state index < -0.39 is 25.1 Å². The largest absolute Gasteiger partial charge is 0.477 e. The Bertz CT molecular complexity index is 868. The lowest BCUT2D eigenvalue weighted by atomic mass is 10.1. The first-order valence-electron chi connectivity index (χ1n) is 8.97. The number of rotatable bonds is 8. The molecule has 156 valence electrons. The van der Waals surface area contributed by atoms with Gasteiger partial charge in [-0.05, 0) is 44.5 Å². The lowest BCUT2D eigenvalue weighted by Crippen LogP contribution is -2.27. The van der Waals surface area contributed by atoms with Crippen LogP contribution < -0.4 is 10.1 Å². The molecule has 0 aromatic carbocycles. The number of carbonyl (C=O) groups is 2. The molecule has 0 saturated carbocycles. The Morgan fingerprint density at radius 1 is 1.24 bits per heavy atom. The second-order valence-corrected chi connectivity index (χ2v) is 6.71. The maximum Gasteiger partial charge on any atom is 0.392 e. The fourth-order valence-electron chi connectivity index (χ4n) is 2.60. The van der Waals surface area contributed by atoms with Crippen LogP contribution in [0.1, 0.15) is 53.6 Å². The molecule has 0 spiro atoms. The molecule has 1 atom stereocenters. The van der Waals surface area contributed by atoms with Gasteiger partial charge in [-0.3, -0.25) is 14.6 Å². The summed E-state index contributed by atoms with van der Waals surface area (Å²) in [5, 5.41) is 2.82. The third-order valence-corrected chi connectivity index (χ3v) is 3.94. The van der Waals surface area contributed by atoms with Crippen LogP contribution >= 0.6 is 0 Å². The summed E-state index contributed by atoms with van der Waals surface area (Å²) >= 11 is 0. The van der Waals surface area contributed by atoms with E-state index in [0.29, 0.717) is 5.69 Å². The second-order valence-electron chi connectivity index (χ2n) is 6.71. The van der Waals surface area contributed by atoms with E-state index >= 15 is 0 Å². The van der Waals surface area contributed by atoms with Crippen molar-refractivity contribution < 1.29 is 27.5 Å². The molecule has 1 amide bonds. The molecule has 9 heteroatoms. The number of alkyl halides is 3. The fourth-order valence-corrected chi connectivity index (χ4v) is 2.60. The summed E-state index contributed by atoms with van der Waals surface area (Å²) < 4.78 is 41.3. The van der Waals surface area contributed by atoms with Crippen molar-refractivity contribution in [2.24, 2.45) is 0 Å². The number of hydrogen-bond donors (Lipinski definition) is 1. The second kappa shape index (κ2) is 9.49. The molecule has 0 fully saturated rings. The molecule has 1 N–H and O–H groups in total. The molecule has 2 heterocycles. The number of carbonyl (C=O) groups excluding carboxylic acids is 2. The highest BCUT2D eigenvalue weighted by atomic mass is 19.4. The summed E-state index contributed by atoms with van der Waals surface area (Å²) in [6.45, 7) is 4.55. The number of halogens is 3. The molecule has 0 bridgehead atoms. The SMILES string of the molecule is CC(=O)Cc1cc(C(C)NC(=O)c2ccc(OCCC(F)(F)F)nc2)cc(C)n1. The fraction of sp³-hybridized carbons (Fsp3) is 0.400. The lowest BCUT2D eigenvalue weighted by Gasteiger charge is -2.16. The minimum Gasteiger partial charge on any atom is -0.477 e. The van der Waals surface area contributed by atoms with Crippen molar-refractivity contribution in [1.82, 2.24) is 15.3 Å². The van der Waals surface area contributed by atoms with Gasteiger partial charge >= 0.3 is 6.18 Å². The number of ether oxygens (including phenoxy) is 1. The van der Waals surface area contributed by atoms with Crippen molar-refractivity contribution >= 4 is 11.7 Å². The van der Waals surface area contributed by atoms with E-state index in [1.165, 1.54) is 25.3 Å². The van der Waals surface area contributed by atoms with Crippen LogP contribution in [0.3, 0.4) is 0 Å². The topological polar surface area (TPSA) is 81.2 Å². The summed E-state index contributed by atoms with van der Waals surface area (Å²) in [4.78, 5) is 31.9. The normalized spacial score (nSPS) is 12.3. The van der Waals surface area contributed by atoms with Gasteiger partial charge in [0.15, 0.2) is 0 Å². The van der Waals surface area contributed by atoms with Crippen LogP contribution in [-0.2, 0) is 11.2 Å². The molecule has 29 heavy (non-hydrogen) atoms. The van der Waals surface area contributed by atoms with Crippen molar-refractivity contribution in [3.05, 3.63) is 53.0 Å². The predicted octanol–water partition coefficient (Wildman–Crippen LogP) is 3.74. The Kier molecular flexibility index (Phi) is 7.30. The van der Waals surface area contributed by atoms with Crippen molar-refractivity contribution in [3.8, 4) is 5.88 Å². The molecular weight excluding hydrogens is 387 g/mol. The van der Waals surface area contributed by atoms with E-state index in [1.54, 1.807) is 13.0 Å². The zero-order valence-electron chi connectivity index (χ0n) is 16.3. The quantitative estimate of drug-likeness (QED) is 0.718. The smallest absolute Gasteiger partial charge is 0.392 e. The molecule has 1 unspecified atom stereocenters. The van der Waals surface area contributed by atoms with Gasteiger partial charge in [-0.15, -0.1) is 0 Å². The van der Waals surface area contributed by atoms with E-state index in [4.69, 9.17) is 4.74 Å². The van der Waals surface area contributed by atoms with Gasteiger partial charge in [0.05, 0.1) is 24.6 Å². The first-order chi connectivity index (χ1) is 13.5. The number of Topliss-reactive ketones (excluding diaryl/α,β-unsaturated/α-hetero) is 1. The van der Waals surface area contributed by atoms with Crippen LogP contribution in [0.15, 0.2) is 30.5 Å². The van der Waals surface area contributed by atoms with Crippen LogP contribution in [0.4, 0.5) is 13.2 Å². The standard InChI is InChI=1S/C20H22F3N3O3/c1-12-8-16(10-17(25-12)9-13(2)27)14(3)26-19(28)15-4-5-18(24-11-15)29-7-6-20(21,22)23/h4-5,8,10-11,14H,6-7,9H2,1-3H3,(H,26,28). The molecule has 0 aliphatic rings. The van der Waals surface area contributed by atoms with Crippen molar-refractivity contribution in [3.63, 3.8) is 0 Å². The van der Waals surface area contributed by atoms with Gasteiger partial charge in [0.2, 0.25) is 5.88 Å². The Morgan fingerprint density at radius 3 is 2.55 bits per heavy atom. The van der Waals surface area contributed by atoms with Crippen LogP contribution in [0.25, 0.3) is 0 Å². The van der Waals surface area contributed by atoms with Gasteiger partial charge < -0.3 is 10.1 Å². The molecule has 0 saturated heterocycles. The number of amides is 1. The number of nitrogens with zero attached hydrogens (tertiary/aromatic N) is 2. The number of aryl methyl sites for hydroxylation is 1. The van der Waals surface area contributed by atoms with Crippen molar-refractivity contribution in [2.75, 3.05) is 6.61 Å². The third kappa shape index (κ3) is 7.52. The predicted molar refractivity (Wildman–Crippen MR) is 99.6 cm³/mol. The number of pyridine rings is 2. The van der Waals surface area contributed by atoms with Gasteiger partial charge in [0.1, 0.15) is 5.78 Å². The zero-order valence-corrected chi connectivity index (χ0v) is 16.3. The van der Waals surface area contributed by atoms with Gasteiger partial charge in [0.25, 0.3) is 5.91 Å². The van der Waals surface area contributed by atoms with Gasteiger partial charge in [-0.2, -0.15) is 13.2 Å². The molecule has 2 rings (SSSR count). The molecule has 0 aliphatic carbocycles. The molecule has 0 radical (unpaired) electrons. The van der Waals surface area contributed by atoms with E-state index in [2.05, 4.69) is 15.3 Å². The maximum absolute atomic E-state index is 12.4. The Labute approximate surface area is 166 Å². The molecular formula is C20H22F3N3O3. The van der Waals surface area contributed by atoms with Crippen molar-refractivity contribution in [1.29, 1.82) is 0 Å². The summed E-state index contributed by atoms with van der Waals surface area (Å²) in [6.07, 6.45) is -3.92. The molecule has 2 aromatic heterocycles. The van der Waals surface area contributed by atoms with Crippen LogP contribution in [0, 0.1) is 6.92 Å². The van der Waals surface area contributed by atoms with E-state index in [0.717, 1.165) is 11.3 Å². The molecule has 2 aromatic rings. The average molecular weight is 409 g/mol. The minimum atomic E-state index is -4.30. The van der Waals surface area contributed by atoms with E-state index in [9.17, 15) is 22.8 Å². The Hall–Kier alpha value is -2.97. The van der Waals surface area contributed by atoms with E-state index in [-0.39, 0.29) is 29.7 Å². The summed E-state index contributed by atoms with van der Waals surface area (Å²) in [6, 6.07) is 6.02. The maximum atomic E-state index is 12.4. The number of hydrogen-bond acceptors (Lipinski definition) is 5. The van der Waals surface area contributed by atoms with Crippen LogP contribution in [-0.4, -0.2) is 34.4 Å². The number of aromatic nitrogens is 2. The van der Waals surface area contributed by atoms with Crippen molar-refractivity contribution in [2.45, 2.75) is 45.8 Å². The zero-order chi connectivity index (χ0) is 21.6. The highest BCUT2D eigenvalue weighted by molar-refractivity contribution is 5.94. The summed E-state index contributed by atoms with van der Waals surface area (Å²) in [7, 11) is 0. The average Bonchev–Trinajstić information content (AvgIpc) is 2.60. The third-order valence-electron chi connectivity index (χ3n) is 3.94. The highest BCUT2D eigenvalue weighted by Gasteiger charge is 2.27. The highest BCUT2D eigenvalue weighted by Crippen LogP contribution is 2.20. The minimum absolute atomic E-state index is 0.00523. The first kappa shape index (κ1) is 22.3. The number of ketones is 1.